The molecule has 1 aliphatic heterocycles. The Morgan fingerprint density at radius 2 is 2.05 bits per heavy atom. The second kappa shape index (κ2) is 5.27. The third kappa shape index (κ3) is 2.85. The number of carboxylic acid groups (broad SMARTS) is 1. The number of nitrogens with zero attached hydrogens (tertiary/aromatic N) is 1. The summed E-state index contributed by atoms with van der Waals surface area (Å²) >= 11 is 5.96. The molecule has 7 heteroatoms. The quantitative estimate of drug-likeness (QED) is 0.813. The molecule has 19 heavy (non-hydrogen) atoms. The highest BCUT2D eigenvalue weighted by Gasteiger charge is 2.39. The van der Waals surface area contributed by atoms with Crippen molar-refractivity contribution in [3.63, 3.8) is 0 Å². The molecule has 2 N–H and O–H groups in total. The van der Waals surface area contributed by atoms with E-state index in [1.54, 1.807) is 24.3 Å². The van der Waals surface area contributed by atoms with Crippen molar-refractivity contribution in [2.45, 2.75) is 19.0 Å². The largest absolute Gasteiger partial charge is 0.481 e. The number of benzene rings is 1. The third-order valence-electron chi connectivity index (χ3n) is 2.77. The van der Waals surface area contributed by atoms with Crippen molar-refractivity contribution in [3.05, 3.63) is 34.9 Å². The topological polar surface area (TPSA) is 86.7 Å². The molecule has 1 aliphatic rings. The number of amides is 3. The molecular formula is C12H11ClN2O4. The van der Waals surface area contributed by atoms with Gasteiger partial charge in [0, 0.05) is 5.02 Å². The summed E-state index contributed by atoms with van der Waals surface area (Å²) in [5.41, 5.74) is 0.628. The first kappa shape index (κ1) is 13.4. The van der Waals surface area contributed by atoms with Gasteiger partial charge >= 0.3 is 12.0 Å². The van der Waals surface area contributed by atoms with Gasteiger partial charge in [0.1, 0.15) is 6.04 Å². The lowest BCUT2D eigenvalue weighted by molar-refractivity contribution is -0.140. The zero-order valence-corrected chi connectivity index (χ0v) is 10.6. The summed E-state index contributed by atoms with van der Waals surface area (Å²) in [4.78, 5) is 35.1. The van der Waals surface area contributed by atoms with Gasteiger partial charge in [0.25, 0.3) is 5.91 Å². The zero-order valence-electron chi connectivity index (χ0n) is 9.80. The van der Waals surface area contributed by atoms with E-state index in [1.165, 1.54) is 0 Å². The van der Waals surface area contributed by atoms with Gasteiger partial charge in [-0.1, -0.05) is 29.8 Å². The van der Waals surface area contributed by atoms with Crippen molar-refractivity contribution in [2.75, 3.05) is 0 Å². The molecular weight excluding hydrogens is 272 g/mol. The van der Waals surface area contributed by atoms with Crippen molar-refractivity contribution < 1.29 is 19.5 Å². The smallest absolute Gasteiger partial charge is 0.325 e. The van der Waals surface area contributed by atoms with Gasteiger partial charge in [-0.2, -0.15) is 0 Å². The number of rotatable bonds is 4. The van der Waals surface area contributed by atoms with Crippen LogP contribution in [0.15, 0.2) is 24.3 Å². The van der Waals surface area contributed by atoms with Crippen LogP contribution in [0, 0.1) is 0 Å². The average molecular weight is 283 g/mol. The van der Waals surface area contributed by atoms with Crippen LogP contribution in [0.4, 0.5) is 4.79 Å². The van der Waals surface area contributed by atoms with Crippen LogP contribution in [0.2, 0.25) is 5.02 Å². The summed E-state index contributed by atoms with van der Waals surface area (Å²) in [5.74, 6) is -1.69. The summed E-state index contributed by atoms with van der Waals surface area (Å²) in [6.45, 7) is 0.0282. The van der Waals surface area contributed by atoms with E-state index in [4.69, 9.17) is 16.7 Å². The maximum atomic E-state index is 11.9. The predicted octanol–water partition coefficient (Wildman–Crippen LogP) is 1.24. The Kier molecular flexibility index (Phi) is 3.71. The Labute approximate surface area is 114 Å². The minimum atomic E-state index is -1.14. The second-order valence-electron chi connectivity index (χ2n) is 4.12. The Bertz CT molecular complexity index is 546. The molecule has 6 nitrogen and oxygen atoms in total. The van der Waals surface area contributed by atoms with E-state index in [0.29, 0.717) is 10.6 Å². The van der Waals surface area contributed by atoms with E-state index >= 15 is 0 Å². The predicted molar refractivity (Wildman–Crippen MR) is 66.6 cm³/mol. The van der Waals surface area contributed by atoms with E-state index in [9.17, 15) is 14.4 Å². The maximum Gasteiger partial charge on any atom is 0.325 e. The number of hydrogen-bond donors (Lipinski definition) is 2. The standard InChI is InChI=1S/C12H11ClN2O4/c13-8-4-2-1-3-7(8)6-15-11(18)9(5-10(16)17)14-12(15)19/h1-4,9H,5-6H2,(H,14,19)(H,16,17)/t9-/m0/s1. The van der Waals surface area contributed by atoms with E-state index in [0.717, 1.165) is 4.90 Å². The fourth-order valence-electron chi connectivity index (χ4n) is 1.84. The zero-order chi connectivity index (χ0) is 14.0. The fourth-order valence-corrected chi connectivity index (χ4v) is 2.03. The molecule has 1 fully saturated rings. The van der Waals surface area contributed by atoms with Crippen molar-refractivity contribution in [1.29, 1.82) is 0 Å². The van der Waals surface area contributed by atoms with E-state index in [-0.39, 0.29) is 6.54 Å². The van der Waals surface area contributed by atoms with Gasteiger partial charge in [-0.25, -0.2) is 4.79 Å². The molecule has 1 aromatic carbocycles. The van der Waals surface area contributed by atoms with Crippen LogP contribution >= 0.6 is 11.6 Å². The van der Waals surface area contributed by atoms with Crippen LogP contribution in [0.25, 0.3) is 0 Å². The number of carbonyl (C=O) groups excluding carboxylic acids is 2. The molecule has 2 rings (SSSR count). The second-order valence-corrected chi connectivity index (χ2v) is 4.52. The SMILES string of the molecule is O=C(O)C[C@@H]1NC(=O)N(Cc2ccccc2Cl)C1=O. The van der Waals surface area contributed by atoms with Crippen molar-refractivity contribution in [3.8, 4) is 0 Å². The molecule has 1 heterocycles. The summed E-state index contributed by atoms with van der Waals surface area (Å²) in [6.07, 6.45) is -0.427. The fraction of sp³-hybridized carbons (Fsp3) is 0.250. The van der Waals surface area contributed by atoms with Crippen LogP contribution in [0.5, 0.6) is 0 Å². The molecule has 0 radical (unpaired) electrons. The van der Waals surface area contributed by atoms with Gasteiger partial charge in [-0.05, 0) is 11.6 Å². The Morgan fingerprint density at radius 3 is 2.68 bits per heavy atom. The van der Waals surface area contributed by atoms with E-state index < -0.39 is 30.4 Å². The molecule has 0 spiro atoms. The lowest BCUT2D eigenvalue weighted by Crippen LogP contribution is -2.32. The lowest BCUT2D eigenvalue weighted by Gasteiger charge is -2.13. The molecule has 0 aliphatic carbocycles. The van der Waals surface area contributed by atoms with Gasteiger partial charge in [0.05, 0.1) is 13.0 Å². The minimum Gasteiger partial charge on any atom is -0.481 e. The van der Waals surface area contributed by atoms with E-state index in [2.05, 4.69) is 5.32 Å². The van der Waals surface area contributed by atoms with Crippen LogP contribution in [-0.4, -0.2) is 34.0 Å². The Balaban J connectivity index is 2.13. The summed E-state index contributed by atoms with van der Waals surface area (Å²) in [5, 5.41) is 11.4. The molecule has 3 amide bonds. The molecule has 100 valence electrons. The lowest BCUT2D eigenvalue weighted by atomic mass is 10.2. The van der Waals surface area contributed by atoms with Crippen LogP contribution in [-0.2, 0) is 16.1 Å². The van der Waals surface area contributed by atoms with Crippen LogP contribution < -0.4 is 5.32 Å². The summed E-state index contributed by atoms with van der Waals surface area (Å²) in [6, 6.07) is 5.24. The number of halogens is 1. The highest BCUT2D eigenvalue weighted by Crippen LogP contribution is 2.20. The normalized spacial score (nSPS) is 18.6. The molecule has 0 unspecified atom stereocenters. The first-order valence-corrected chi connectivity index (χ1v) is 5.94. The highest BCUT2D eigenvalue weighted by atomic mass is 35.5. The summed E-state index contributed by atoms with van der Waals surface area (Å²) in [7, 11) is 0. The van der Waals surface area contributed by atoms with Crippen molar-refractivity contribution in [1.82, 2.24) is 10.2 Å². The number of carbonyl (C=O) groups is 3. The summed E-state index contributed by atoms with van der Waals surface area (Å²) < 4.78 is 0. The number of aliphatic carboxylic acids is 1. The number of urea groups is 1. The number of imide groups is 1. The average Bonchev–Trinajstić information content (AvgIpc) is 2.59. The van der Waals surface area contributed by atoms with Crippen molar-refractivity contribution in [2.24, 2.45) is 0 Å². The first-order chi connectivity index (χ1) is 8.99. The van der Waals surface area contributed by atoms with Gasteiger partial charge in [-0.3, -0.25) is 14.5 Å². The van der Waals surface area contributed by atoms with E-state index in [1.807, 2.05) is 0 Å². The van der Waals surface area contributed by atoms with Crippen molar-refractivity contribution >= 4 is 29.5 Å². The molecule has 1 atom stereocenters. The number of carboxylic acids is 1. The number of nitrogens with one attached hydrogen (secondary N) is 1. The number of hydrogen-bond acceptors (Lipinski definition) is 3. The Hall–Kier alpha value is -2.08. The first-order valence-electron chi connectivity index (χ1n) is 5.56. The van der Waals surface area contributed by atoms with Crippen LogP contribution in [0.1, 0.15) is 12.0 Å². The molecule has 0 bridgehead atoms. The molecule has 0 aromatic heterocycles. The van der Waals surface area contributed by atoms with Gasteiger partial charge in [0.2, 0.25) is 0 Å². The molecule has 1 aromatic rings. The minimum absolute atomic E-state index is 0.0282. The highest BCUT2D eigenvalue weighted by molar-refractivity contribution is 6.31. The maximum absolute atomic E-state index is 11.9. The van der Waals surface area contributed by atoms with Gasteiger partial charge in [0.15, 0.2) is 0 Å². The monoisotopic (exact) mass is 282 g/mol. The van der Waals surface area contributed by atoms with Crippen LogP contribution in [0.3, 0.4) is 0 Å². The van der Waals surface area contributed by atoms with Gasteiger partial charge < -0.3 is 10.4 Å². The third-order valence-corrected chi connectivity index (χ3v) is 3.14. The molecule has 1 saturated heterocycles. The Morgan fingerprint density at radius 1 is 1.37 bits per heavy atom. The van der Waals surface area contributed by atoms with Gasteiger partial charge in [-0.15, -0.1) is 0 Å². The molecule has 0 saturated carbocycles.